The lowest BCUT2D eigenvalue weighted by atomic mass is 10.3. The SMILES string of the molecule is O=C([S-])CC(O)C(=O)OCCCCO. The van der Waals surface area contributed by atoms with Crippen molar-refractivity contribution >= 4 is 23.7 Å². The minimum Gasteiger partial charge on any atom is -0.742 e. The maximum atomic E-state index is 10.9. The van der Waals surface area contributed by atoms with Crippen molar-refractivity contribution in [1.29, 1.82) is 0 Å². The summed E-state index contributed by atoms with van der Waals surface area (Å²) in [7, 11) is 0. The van der Waals surface area contributed by atoms with Gasteiger partial charge in [0.25, 0.3) is 0 Å². The summed E-state index contributed by atoms with van der Waals surface area (Å²) in [5.41, 5.74) is 0. The van der Waals surface area contributed by atoms with Crippen molar-refractivity contribution in [1.82, 2.24) is 0 Å². The molecular formula is C8H13O5S-. The molecule has 82 valence electrons. The van der Waals surface area contributed by atoms with Crippen LogP contribution in [-0.4, -0.2) is 40.6 Å². The lowest BCUT2D eigenvalue weighted by Gasteiger charge is -2.11. The van der Waals surface area contributed by atoms with E-state index in [9.17, 15) is 9.59 Å². The van der Waals surface area contributed by atoms with Gasteiger partial charge in [0, 0.05) is 18.1 Å². The van der Waals surface area contributed by atoms with Crippen molar-refractivity contribution in [2.75, 3.05) is 13.2 Å². The van der Waals surface area contributed by atoms with Crippen LogP contribution in [0.2, 0.25) is 0 Å². The predicted molar refractivity (Wildman–Crippen MR) is 50.3 cm³/mol. The number of hydrogen-bond donors (Lipinski definition) is 2. The van der Waals surface area contributed by atoms with Crippen molar-refractivity contribution in [2.24, 2.45) is 0 Å². The van der Waals surface area contributed by atoms with Gasteiger partial charge in [0.2, 0.25) is 0 Å². The molecule has 0 rings (SSSR count). The highest BCUT2D eigenvalue weighted by atomic mass is 32.1. The average Bonchev–Trinajstić information content (AvgIpc) is 2.11. The number of rotatable bonds is 7. The highest BCUT2D eigenvalue weighted by Gasteiger charge is 2.15. The topological polar surface area (TPSA) is 83.8 Å². The van der Waals surface area contributed by atoms with Gasteiger partial charge in [-0.2, -0.15) is 0 Å². The van der Waals surface area contributed by atoms with Crippen LogP contribution >= 0.6 is 0 Å². The van der Waals surface area contributed by atoms with E-state index in [1.54, 1.807) is 0 Å². The standard InChI is InChI=1S/C8H14O5S/c9-3-1-2-4-13-8(12)6(10)5-7(11)14/h6,9-10H,1-5H2,(H,11,14)/p-1. The van der Waals surface area contributed by atoms with Gasteiger partial charge in [-0.3, -0.25) is 0 Å². The van der Waals surface area contributed by atoms with E-state index in [4.69, 9.17) is 10.2 Å². The van der Waals surface area contributed by atoms with Gasteiger partial charge in [0.1, 0.15) is 0 Å². The van der Waals surface area contributed by atoms with Gasteiger partial charge < -0.3 is 32.4 Å². The molecule has 0 aromatic carbocycles. The number of unbranched alkanes of at least 4 members (excludes halogenated alkanes) is 1. The van der Waals surface area contributed by atoms with Crippen LogP contribution in [-0.2, 0) is 27.0 Å². The van der Waals surface area contributed by atoms with Crippen LogP contribution in [0.15, 0.2) is 0 Å². The van der Waals surface area contributed by atoms with Crippen LogP contribution < -0.4 is 0 Å². The first-order valence-corrected chi connectivity index (χ1v) is 4.64. The Kier molecular flexibility index (Phi) is 7.27. The van der Waals surface area contributed by atoms with Gasteiger partial charge in [0.15, 0.2) is 6.10 Å². The molecule has 6 heteroatoms. The number of carbonyl (C=O) groups excluding carboxylic acids is 2. The van der Waals surface area contributed by atoms with Gasteiger partial charge in [0.05, 0.1) is 6.61 Å². The van der Waals surface area contributed by atoms with Crippen LogP contribution in [0.3, 0.4) is 0 Å². The molecule has 2 N–H and O–H groups in total. The van der Waals surface area contributed by atoms with Crippen LogP contribution in [0.1, 0.15) is 19.3 Å². The van der Waals surface area contributed by atoms with Crippen molar-refractivity contribution in [2.45, 2.75) is 25.4 Å². The summed E-state index contributed by atoms with van der Waals surface area (Å²) in [5.74, 6) is -0.846. The van der Waals surface area contributed by atoms with E-state index in [1.807, 2.05) is 0 Å². The molecule has 14 heavy (non-hydrogen) atoms. The lowest BCUT2D eigenvalue weighted by molar-refractivity contribution is -0.154. The Morgan fingerprint density at radius 2 is 2.00 bits per heavy atom. The van der Waals surface area contributed by atoms with Crippen molar-refractivity contribution in [3.63, 3.8) is 0 Å². The monoisotopic (exact) mass is 221 g/mol. The van der Waals surface area contributed by atoms with E-state index in [-0.39, 0.29) is 13.2 Å². The Morgan fingerprint density at radius 3 is 2.50 bits per heavy atom. The van der Waals surface area contributed by atoms with Crippen LogP contribution in [0, 0.1) is 0 Å². The third-order valence-corrected chi connectivity index (χ3v) is 1.60. The second-order valence-electron chi connectivity index (χ2n) is 2.69. The molecule has 5 nitrogen and oxygen atoms in total. The quantitative estimate of drug-likeness (QED) is 0.330. The molecule has 0 saturated carbocycles. The Morgan fingerprint density at radius 1 is 1.36 bits per heavy atom. The molecule has 0 radical (unpaired) electrons. The molecule has 0 heterocycles. The summed E-state index contributed by atoms with van der Waals surface area (Å²) in [6.07, 6.45) is -0.803. The molecule has 0 spiro atoms. The smallest absolute Gasteiger partial charge is 0.335 e. The minimum absolute atomic E-state index is 0.0325. The Labute approximate surface area is 87.5 Å². The predicted octanol–water partition coefficient (Wildman–Crippen LogP) is -0.873. The molecule has 0 aliphatic heterocycles. The summed E-state index contributed by atoms with van der Waals surface area (Å²) < 4.78 is 4.61. The molecule has 0 aliphatic carbocycles. The minimum atomic E-state index is -1.46. The van der Waals surface area contributed by atoms with Crippen LogP contribution in [0.25, 0.3) is 0 Å². The van der Waals surface area contributed by atoms with Crippen LogP contribution in [0.5, 0.6) is 0 Å². The Bertz CT molecular complexity index is 194. The van der Waals surface area contributed by atoms with Gasteiger partial charge in [-0.1, -0.05) is 0 Å². The van der Waals surface area contributed by atoms with Crippen molar-refractivity contribution in [3.8, 4) is 0 Å². The van der Waals surface area contributed by atoms with Gasteiger partial charge in [-0.15, -0.1) is 0 Å². The molecule has 0 fully saturated rings. The third kappa shape index (κ3) is 6.76. The normalized spacial score (nSPS) is 12.1. The first-order chi connectivity index (χ1) is 6.57. The van der Waals surface area contributed by atoms with Gasteiger partial charge >= 0.3 is 5.97 Å². The number of ether oxygens (including phenoxy) is 1. The molecule has 1 unspecified atom stereocenters. The molecule has 0 aliphatic rings. The zero-order chi connectivity index (χ0) is 11.0. The highest BCUT2D eigenvalue weighted by Crippen LogP contribution is 1.97. The molecule has 0 saturated heterocycles. The highest BCUT2D eigenvalue weighted by molar-refractivity contribution is 7.77. The largest absolute Gasteiger partial charge is 0.742 e. The summed E-state index contributed by atoms with van der Waals surface area (Å²) in [6.45, 7) is 0.160. The number of carbonyl (C=O) groups is 2. The molecule has 1 atom stereocenters. The van der Waals surface area contributed by atoms with E-state index in [0.717, 1.165) is 0 Å². The summed E-state index contributed by atoms with van der Waals surface area (Å²) in [6, 6.07) is 0. The maximum absolute atomic E-state index is 10.9. The maximum Gasteiger partial charge on any atom is 0.335 e. The fourth-order valence-electron chi connectivity index (χ4n) is 0.724. The zero-order valence-corrected chi connectivity index (χ0v) is 8.46. The van der Waals surface area contributed by atoms with E-state index in [2.05, 4.69) is 17.4 Å². The molecule has 0 aromatic heterocycles. The second-order valence-corrected chi connectivity index (χ2v) is 3.15. The third-order valence-electron chi connectivity index (χ3n) is 1.43. The molecule has 0 aromatic rings. The van der Waals surface area contributed by atoms with E-state index >= 15 is 0 Å². The Hall–Kier alpha value is -0.720. The summed E-state index contributed by atoms with van der Waals surface area (Å²) in [5, 5.41) is 16.8. The average molecular weight is 221 g/mol. The lowest BCUT2D eigenvalue weighted by Crippen LogP contribution is -2.25. The van der Waals surface area contributed by atoms with Gasteiger partial charge in [-0.05, 0) is 12.8 Å². The molecular weight excluding hydrogens is 208 g/mol. The first kappa shape index (κ1) is 13.3. The number of aliphatic hydroxyl groups is 2. The summed E-state index contributed by atoms with van der Waals surface area (Å²) in [4.78, 5) is 21.3. The fraction of sp³-hybridized carbons (Fsp3) is 0.750. The zero-order valence-electron chi connectivity index (χ0n) is 7.64. The fourth-order valence-corrected chi connectivity index (χ4v) is 0.882. The molecule has 0 bridgehead atoms. The van der Waals surface area contributed by atoms with Crippen LogP contribution in [0.4, 0.5) is 0 Å². The molecule has 0 amide bonds. The Balaban J connectivity index is 3.57. The van der Waals surface area contributed by atoms with Gasteiger partial charge in [-0.25, -0.2) is 4.79 Å². The summed E-state index contributed by atoms with van der Waals surface area (Å²) >= 11 is 4.19. The van der Waals surface area contributed by atoms with E-state index < -0.39 is 23.6 Å². The number of hydrogen-bond acceptors (Lipinski definition) is 6. The number of esters is 1. The van der Waals surface area contributed by atoms with Crippen molar-refractivity contribution in [3.05, 3.63) is 0 Å². The second kappa shape index (κ2) is 7.66. The van der Waals surface area contributed by atoms with E-state index in [0.29, 0.717) is 12.8 Å². The van der Waals surface area contributed by atoms with Crippen molar-refractivity contribution < 1.29 is 24.5 Å². The van der Waals surface area contributed by atoms with E-state index in [1.165, 1.54) is 0 Å². The first-order valence-electron chi connectivity index (χ1n) is 4.23. The number of aliphatic hydroxyl groups excluding tert-OH is 2.